The molecule has 0 fully saturated rings. The third kappa shape index (κ3) is 5.21. The number of hydrogen-bond donors (Lipinski definition) is 3. The maximum Gasteiger partial charge on any atom is 0.255 e. The van der Waals surface area contributed by atoms with Gasteiger partial charge < -0.3 is 15.6 Å². The Hall–Kier alpha value is -3.51. The van der Waals surface area contributed by atoms with Crippen molar-refractivity contribution in [3.8, 4) is 0 Å². The number of thioether (sulfide) groups is 1. The normalized spacial score (nSPS) is 11.8. The molecule has 0 aliphatic carbocycles. The van der Waals surface area contributed by atoms with Crippen LogP contribution in [0, 0.1) is 6.92 Å². The Morgan fingerprint density at radius 1 is 0.938 bits per heavy atom. The third-order valence-corrected chi connectivity index (χ3v) is 6.53. The molecule has 1 aromatic heterocycles. The molecule has 0 aliphatic heterocycles. The van der Waals surface area contributed by atoms with Crippen LogP contribution in [-0.2, 0) is 4.79 Å². The number of aryl methyl sites for hydroxylation is 1. The van der Waals surface area contributed by atoms with Crippen molar-refractivity contribution in [3.63, 3.8) is 0 Å². The molecule has 32 heavy (non-hydrogen) atoms. The van der Waals surface area contributed by atoms with E-state index in [1.807, 2.05) is 92.8 Å². The van der Waals surface area contributed by atoms with Crippen LogP contribution < -0.4 is 10.6 Å². The molecule has 6 heteroatoms. The summed E-state index contributed by atoms with van der Waals surface area (Å²) in [7, 11) is 0. The first kappa shape index (κ1) is 21.7. The summed E-state index contributed by atoms with van der Waals surface area (Å²) in [4.78, 5) is 29.5. The zero-order chi connectivity index (χ0) is 22.5. The molecule has 0 aliphatic rings. The lowest BCUT2D eigenvalue weighted by molar-refractivity contribution is -0.115. The Kier molecular flexibility index (Phi) is 6.61. The molecule has 162 valence electrons. The molecule has 2 amide bonds. The van der Waals surface area contributed by atoms with Crippen LogP contribution in [0.4, 0.5) is 11.4 Å². The lowest BCUT2D eigenvalue weighted by Gasteiger charge is -2.15. The van der Waals surface area contributed by atoms with E-state index in [0.29, 0.717) is 17.7 Å². The molecule has 0 spiro atoms. The summed E-state index contributed by atoms with van der Waals surface area (Å²) >= 11 is 1.49. The SMILES string of the molecule is CCC(Sc1cccc(NC(=O)c2ccc(C)cc2)c1)C(=O)Nc1ccc2cc[nH]c2c1. The predicted molar refractivity (Wildman–Crippen MR) is 132 cm³/mol. The molecular weight excluding hydrogens is 418 g/mol. The fraction of sp³-hybridized carbons (Fsp3) is 0.154. The molecule has 0 saturated carbocycles. The summed E-state index contributed by atoms with van der Waals surface area (Å²) in [5.74, 6) is -0.200. The van der Waals surface area contributed by atoms with Crippen LogP contribution in [0.15, 0.2) is 83.9 Å². The van der Waals surface area contributed by atoms with Crippen LogP contribution in [0.1, 0.15) is 29.3 Å². The van der Waals surface area contributed by atoms with Crippen molar-refractivity contribution in [2.45, 2.75) is 30.4 Å². The van der Waals surface area contributed by atoms with Crippen LogP contribution in [0.5, 0.6) is 0 Å². The van der Waals surface area contributed by atoms with Gasteiger partial charge >= 0.3 is 0 Å². The summed E-state index contributed by atoms with van der Waals surface area (Å²) in [5.41, 5.74) is 4.17. The maximum atomic E-state index is 12.9. The second-order valence-electron chi connectivity index (χ2n) is 7.63. The molecule has 3 N–H and O–H groups in total. The summed E-state index contributed by atoms with van der Waals surface area (Å²) in [5, 5.41) is 6.81. The molecule has 5 nitrogen and oxygen atoms in total. The summed E-state index contributed by atoms with van der Waals surface area (Å²) < 4.78 is 0. The van der Waals surface area contributed by atoms with E-state index in [1.54, 1.807) is 0 Å². The summed E-state index contributed by atoms with van der Waals surface area (Å²) in [6, 6.07) is 22.9. The monoisotopic (exact) mass is 443 g/mol. The highest BCUT2D eigenvalue weighted by molar-refractivity contribution is 8.00. The molecule has 3 aromatic carbocycles. The van der Waals surface area contributed by atoms with E-state index in [2.05, 4.69) is 15.6 Å². The summed E-state index contributed by atoms with van der Waals surface area (Å²) in [6.07, 6.45) is 2.56. The topological polar surface area (TPSA) is 74.0 Å². The first-order valence-corrected chi connectivity index (χ1v) is 11.4. The van der Waals surface area contributed by atoms with Crippen molar-refractivity contribution >= 4 is 45.9 Å². The number of hydrogen-bond acceptors (Lipinski definition) is 3. The van der Waals surface area contributed by atoms with Gasteiger partial charge in [0.15, 0.2) is 0 Å². The molecule has 0 saturated heterocycles. The Bertz CT molecular complexity index is 1250. The van der Waals surface area contributed by atoms with Gasteiger partial charge in [0.05, 0.1) is 5.25 Å². The average molecular weight is 444 g/mol. The number of aromatic nitrogens is 1. The number of benzene rings is 3. The number of amides is 2. The van der Waals surface area contributed by atoms with Gasteiger partial charge in [-0.3, -0.25) is 9.59 Å². The lowest BCUT2D eigenvalue weighted by atomic mass is 10.1. The number of anilines is 2. The van der Waals surface area contributed by atoms with Crippen molar-refractivity contribution in [3.05, 3.63) is 90.1 Å². The number of fused-ring (bicyclic) bond motifs is 1. The van der Waals surface area contributed by atoms with Gasteiger partial charge in [0.2, 0.25) is 5.91 Å². The number of H-pyrrole nitrogens is 1. The van der Waals surface area contributed by atoms with Gasteiger partial charge in [-0.25, -0.2) is 0 Å². The van der Waals surface area contributed by atoms with E-state index < -0.39 is 0 Å². The Morgan fingerprint density at radius 2 is 1.72 bits per heavy atom. The van der Waals surface area contributed by atoms with Crippen LogP contribution in [0.2, 0.25) is 0 Å². The number of aromatic amines is 1. The van der Waals surface area contributed by atoms with E-state index in [9.17, 15) is 9.59 Å². The standard InChI is InChI=1S/C26H25N3O2S/c1-3-24(26(31)29-21-12-11-18-13-14-27-23(18)16-21)32-22-6-4-5-20(15-22)28-25(30)19-9-7-17(2)8-10-19/h4-16,24,27H,3H2,1-2H3,(H,28,30)(H,29,31). The molecule has 4 aromatic rings. The van der Waals surface area contributed by atoms with Gasteiger partial charge in [-0.05, 0) is 67.3 Å². The Balaban J connectivity index is 1.41. The molecule has 0 radical (unpaired) electrons. The number of rotatable bonds is 7. The zero-order valence-electron chi connectivity index (χ0n) is 18.0. The molecule has 1 atom stereocenters. The van der Waals surface area contributed by atoms with E-state index in [0.717, 1.165) is 27.0 Å². The van der Waals surface area contributed by atoms with Crippen molar-refractivity contribution in [1.82, 2.24) is 4.98 Å². The second-order valence-corrected chi connectivity index (χ2v) is 8.91. The van der Waals surface area contributed by atoms with Crippen LogP contribution in [-0.4, -0.2) is 22.0 Å². The highest BCUT2D eigenvalue weighted by atomic mass is 32.2. The highest BCUT2D eigenvalue weighted by Gasteiger charge is 2.19. The Labute approximate surface area is 191 Å². The van der Waals surface area contributed by atoms with Gasteiger partial charge in [-0.2, -0.15) is 0 Å². The van der Waals surface area contributed by atoms with E-state index >= 15 is 0 Å². The summed E-state index contributed by atoms with van der Waals surface area (Å²) in [6.45, 7) is 3.98. The molecular formula is C26H25N3O2S. The molecule has 4 rings (SSSR count). The van der Waals surface area contributed by atoms with Gasteiger partial charge in [-0.15, -0.1) is 11.8 Å². The zero-order valence-corrected chi connectivity index (χ0v) is 18.8. The second kappa shape index (κ2) is 9.75. The van der Waals surface area contributed by atoms with E-state index in [1.165, 1.54) is 11.8 Å². The minimum Gasteiger partial charge on any atom is -0.361 e. The van der Waals surface area contributed by atoms with E-state index in [-0.39, 0.29) is 17.1 Å². The Morgan fingerprint density at radius 3 is 2.50 bits per heavy atom. The van der Waals surface area contributed by atoms with Gasteiger partial charge in [-0.1, -0.05) is 36.8 Å². The van der Waals surface area contributed by atoms with Crippen LogP contribution in [0.25, 0.3) is 10.9 Å². The number of carbonyl (C=O) groups excluding carboxylic acids is 2. The predicted octanol–water partition coefficient (Wildman–Crippen LogP) is 6.24. The highest BCUT2D eigenvalue weighted by Crippen LogP contribution is 2.29. The number of carbonyl (C=O) groups is 2. The fourth-order valence-corrected chi connectivity index (χ4v) is 4.40. The van der Waals surface area contributed by atoms with Crippen LogP contribution in [0.3, 0.4) is 0 Å². The van der Waals surface area contributed by atoms with Crippen molar-refractivity contribution in [2.24, 2.45) is 0 Å². The largest absolute Gasteiger partial charge is 0.361 e. The minimum atomic E-state index is -0.252. The third-order valence-electron chi connectivity index (χ3n) is 5.17. The van der Waals surface area contributed by atoms with Crippen molar-refractivity contribution in [2.75, 3.05) is 10.6 Å². The quantitative estimate of drug-likeness (QED) is 0.296. The smallest absolute Gasteiger partial charge is 0.255 e. The molecule has 0 bridgehead atoms. The van der Waals surface area contributed by atoms with Crippen molar-refractivity contribution in [1.29, 1.82) is 0 Å². The first-order valence-electron chi connectivity index (χ1n) is 10.5. The number of nitrogens with one attached hydrogen (secondary N) is 3. The van der Waals surface area contributed by atoms with E-state index in [4.69, 9.17) is 0 Å². The lowest BCUT2D eigenvalue weighted by Crippen LogP contribution is -2.24. The van der Waals surface area contributed by atoms with Crippen LogP contribution >= 0.6 is 11.8 Å². The van der Waals surface area contributed by atoms with Crippen molar-refractivity contribution < 1.29 is 9.59 Å². The van der Waals surface area contributed by atoms with Gasteiger partial charge in [0, 0.05) is 33.5 Å². The average Bonchev–Trinajstić information content (AvgIpc) is 3.26. The van der Waals surface area contributed by atoms with Gasteiger partial charge in [0.1, 0.15) is 0 Å². The maximum absolute atomic E-state index is 12.9. The fourth-order valence-electron chi connectivity index (χ4n) is 3.39. The molecule has 1 unspecified atom stereocenters. The minimum absolute atomic E-state index is 0.0440. The molecule has 1 heterocycles. The van der Waals surface area contributed by atoms with Gasteiger partial charge in [0.25, 0.3) is 5.91 Å². The first-order chi connectivity index (χ1) is 15.5.